The van der Waals surface area contributed by atoms with Crippen LogP contribution in [0.3, 0.4) is 0 Å². The summed E-state index contributed by atoms with van der Waals surface area (Å²) in [7, 11) is 1.74. The van der Waals surface area contributed by atoms with Crippen LogP contribution in [0, 0.1) is 5.41 Å². The molecule has 0 radical (unpaired) electrons. The zero-order valence-electron chi connectivity index (χ0n) is 14.5. The highest BCUT2D eigenvalue weighted by atomic mass is 16.5. The van der Waals surface area contributed by atoms with E-state index in [0.717, 1.165) is 22.3 Å². The Hall–Kier alpha value is -2.69. The normalized spacial score (nSPS) is 11.8. The molecule has 24 heavy (non-hydrogen) atoms. The number of aryl methyl sites for hydroxylation is 1. The van der Waals surface area contributed by atoms with Gasteiger partial charge in [-0.05, 0) is 29.7 Å². The molecule has 0 aliphatic heterocycles. The van der Waals surface area contributed by atoms with Gasteiger partial charge < -0.3 is 20.0 Å². The van der Waals surface area contributed by atoms with E-state index in [4.69, 9.17) is 10.5 Å². The van der Waals surface area contributed by atoms with Gasteiger partial charge in [-0.25, -0.2) is 0 Å². The number of hydrogen-bond donors (Lipinski definition) is 2. The lowest BCUT2D eigenvalue weighted by atomic mass is 9.98. The Bertz CT molecular complexity index is 945. The minimum atomic E-state index is -0.0557. The van der Waals surface area contributed by atoms with Gasteiger partial charge in [-0.2, -0.15) is 0 Å². The van der Waals surface area contributed by atoms with Crippen LogP contribution in [0.2, 0.25) is 0 Å². The number of nitrogens with two attached hydrogens (primary N) is 1. The Balaban J connectivity index is 2.19. The highest BCUT2D eigenvalue weighted by Gasteiger charge is 2.17. The van der Waals surface area contributed by atoms with E-state index in [9.17, 15) is 4.79 Å². The summed E-state index contributed by atoms with van der Waals surface area (Å²) in [5.74, 6) is 0.764. The van der Waals surface area contributed by atoms with Crippen molar-refractivity contribution in [1.29, 1.82) is 0 Å². The summed E-state index contributed by atoms with van der Waals surface area (Å²) in [5.41, 5.74) is 9.04. The van der Waals surface area contributed by atoms with Gasteiger partial charge in [0, 0.05) is 41.6 Å². The molecular formula is C19H23N3O2. The number of H-pyrrole nitrogens is 1. The third-order valence-electron chi connectivity index (χ3n) is 3.85. The van der Waals surface area contributed by atoms with Crippen LogP contribution in [-0.4, -0.2) is 16.2 Å². The summed E-state index contributed by atoms with van der Waals surface area (Å²) < 4.78 is 7.63. The zero-order chi connectivity index (χ0) is 17.5. The molecule has 0 bridgehead atoms. The first-order valence-electron chi connectivity index (χ1n) is 7.96. The highest BCUT2D eigenvalue weighted by Crippen LogP contribution is 2.36. The third kappa shape index (κ3) is 3.02. The average Bonchev–Trinajstić information content (AvgIpc) is 2.98. The van der Waals surface area contributed by atoms with Gasteiger partial charge in [0.15, 0.2) is 0 Å². The van der Waals surface area contributed by atoms with Gasteiger partial charge in [0.1, 0.15) is 11.3 Å². The lowest BCUT2D eigenvalue weighted by Crippen LogP contribution is -2.18. The lowest BCUT2D eigenvalue weighted by molar-refractivity contribution is 0.198. The number of rotatable bonds is 3. The van der Waals surface area contributed by atoms with Crippen LogP contribution in [0.1, 0.15) is 20.8 Å². The summed E-state index contributed by atoms with van der Waals surface area (Å²) in [6, 6.07) is 7.52. The van der Waals surface area contributed by atoms with E-state index >= 15 is 0 Å². The fourth-order valence-corrected chi connectivity index (χ4v) is 2.66. The van der Waals surface area contributed by atoms with E-state index in [1.165, 1.54) is 0 Å². The van der Waals surface area contributed by atoms with E-state index in [0.29, 0.717) is 17.8 Å². The molecule has 5 nitrogen and oxygen atoms in total. The van der Waals surface area contributed by atoms with Crippen LogP contribution in [0.5, 0.6) is 5.75 Å². The zero-order valence-corrected chi connectivity index (χ0v) is 14.5. The number of nitrogens with zero attached hydrogens (tertiary/aromatic N) is 1. The quantitative estimate of drug-likeness (QED) is 0.723. The summed E-state index contributed by atoms with van der Waals surface area (Å²) in [6.07, 6.45) is 3.61. The molecule has 0 fully saturated rings. The number of nitrogens with one attached hydrogen (secondary N) is 1. The summed E-state index contributed by atoms with van der Waals surface area (Å²) >= 11 is 0. The molecule has 0 saturated carbocycles. The van der Waals surface area contributed by atoms with Crippen molar-refractivity contribution in [1.82, 2.24) is 9.55 Å². The Labute approximate surface area is 141 Å². The smallest absolute Gasteiger partial charge is 0.274 e. The first kappa shape index (κ1) is 16.2. The molecule has 0 aliphatic rings. The van der Waals surface area contributed by atoms with Crippen molar-refractivity contribution in [2.24, 2.45) is 12.5 Å². The average molecular weight is 325 g/mol. The first-order valence-corrected chi connectivity index (χ1v) is 7.96. The molecule has 0 atom stereocenters. The second kappa shape index (κ2) is 5.74. The van der Waals surface area contributed by atoms with Crippen LogP contribution in [-0.2, 0) is 7.05 Å². The predicted octanol–water partition coefficient (Wildman–Crippen LogP) is 3.54. The van der Waals surface area contributed by atoms with Gasteiger partial charge >= 0.3 is 0 Å². The molecule has 3 N–H and O–H groups in total. The molecule has 5 heteroatoms. The number of anilines is 1. The number of fused-ring (bicyclic) bond motifs is 1. The minimum Gasteiger partial charge on any atom is -0.492 e. The summed E-state index contributed by atoms with van der Waals surface area (Å²) in [4.78, 5) is 15.3. The van der Waals surface area contributed by atoms with Gasteiger partial charge in [0.25, 0.3) is 5.56 Å². The molecule has 0 unspecified atom stereocenters. The third-order valence-corrected chi connectivity index (χ3v) is 3.85. The highest BCUT2D eigenvalue weighted by molar-refractivity contribution is 5.96. The second-order valence-corrected chi connectivity index (χ2v) is 7.33. The number of benzene rings is 1. The standard InChI is InChI=1S/C19H23N3O2/c1-19(2,3)11-24-16-6-5-12(20)9-14(16)15-10-22(4)18(23)17-13(15)7-8-21-17/h5-10,21H,11,20H2,1-4H3. The van der Waals surface area contributed by atoms with Crippen molar-refractivity contribution in [2.75, 3.05) is 12.3 Å². The molecule has 0 aliphatic carbocycles. The summed E-state index contributed by atoms with van der Waals surface area (Å²) in [6.45, 7) is 6.97. The van der Waals surface area contributed by atoms with Crippen LogP contribution in [0.25, 0.3) is 22.0 Å². The number of hydrogen-bond acceptors (Lipinski definition) is 3. The van der Waals surface area contributed by atoms with Crippen molar-refractivity contribution < 1.29 is 4.74 Å². The van der Waals surface area contributed by atoms with Crippen molar-refractivity contribution in [3.05, 3.63) is 47.0 Å². The number of aromatic nitrogens is 2. The van der Waals surface area contributed by atoms with Gasteiger partial charge in [-0.15, -0.1) is 0 Å². The van der Waals surface area contributed by atoms with E-state index < -0.39 is 0 Å². The van der Waals surface area contributed by atoms with Crippen molar-refractivity contribution >= 4 is 16.6 Å². The van der Waals surface area contributed by atoms with Gasteiger partial charge in [0.05, 0.1) is 6.61 Å². The molecular weight excluding hydrogens is 302 g/mol. The van der Waals surface area contributed by atoms with Crippen LogP contribution in [0.4, 0.5) is 5.69 Å². The van der Waals surface area contributed by atoms with Crippen molar-refractivity contribution in [3.8, 4) is 16.9 Å². The first-order chi connectivity index (χ1) is 11.3. The van der Waals surface area contributed by atoms with E-state index in [1.807, 2.05) is 30.5 Å². The molecule has 1 aromatic carbocycles. The van der Waals surface area contributed by atoms with E-state index in [-0.39, 0.29) is 11.0 Å². The fraction of sp³-hybridized carbons (Fsp3) is 0.316. The Kier molecular flexibility index (Phi) is 3.87. The molecule has 2 aromatic heterocycles. The number of ether oxygens (including phenoxy) is 1. The van der Waals surface area contributed by atoms with Gasteiger partial charge in [-0.1, -0.05) is 20.8 Å². The molecule has 2 heterocycles. The van der Waals surface area contributed by atoms with Gasteiger partial charge in [-0.3, -0.25) is 4.79 Å². The number of aromatic amines is 1. The Morgan fingerprint density at radius 3 is 2.67 bits per heavy atom. The largest absolute Gasteiger partial charge is 0.492 e. The molecule has 126 valence electrons. The van der Waals surface area contributed by atoms with E-state index in [2.05, 4.69) is 25.8 Å². The molecule has 0 saturated heterocycles. The van der Waals surface area contributed by atoms with Crippen molar-refractivity contribution in [3.63, 3.8) is 0 Å². The monoisotopic (exact) mass is 325 g/mol. The molecule has 3 aromatic rings. The molecule has 0 amide bonds. The number of pyridine rings is 1. The SMILES string of the molecule is Cn1cc(-c2cc(N)ccc2OCC(C)(C)C)c2cc[nH]c2c1=O. The second-order valence-electron chi connectivity index (χ2n) is 7.33. The Morgan fingerprint density at radius 2 is 1.96 bits per heavy atom. The molecule has 0 spiro atoms. The number of nitrogen functional groups attached to an aromatic ring is 1. The topological polar surface area (TPSA) is 73.0 Å². The van der Waals surface area contributed by atoms with Crippen LogP contribution < -0.4 is 16.0 Å². The van der Waals surface area contributed by atoms with E-state index in [1.54, 1.807) is 17.8 Å². The van der Waals surface area contributed by atoms with Crippen molar-refractivity contribution in [2.45, 2.75) is 20.8 Å². The van der Waals surface area contributed by atoms with Gasteiger partial charge in [0.2, 0.25) is 0 Å². The Morgan fingerprint density at radius 1 is 1.21 bits per heavy atom. The fourth-order valence-electron chi connectivity index (χ4n) is 2.66. The van der Waals surface area contributed by atoms with Crippen LogP contribution >= 0.6 is 0 Å². The maximum absolute atomic E-state index is 12.3. The summed E-state index contributed by atoms with van der Waals surface area (Å²) in [5, 5.41) is 0.865. The minimum absolute atomic E-state index is 0.0472. The predicted molar refractivity (Wildman–Crippen MR) is 98.3 cm³/mol. The molecule has 3 rings (SSSR count). The lowest BCUT2D eigenvalue weighted by Gasteiger charge is -2.21. The van der Waals surface area contributed by atoms with Crippen LogP contribution in [0.15, 0.2) is 41.5 Å². The maximum atomic E-state index is 12.3. The maximum Gasteiger partial charge on any atom is 0.274 e.